The maximum atomic E-state index is 11.3. The summed E-state index contributed by atoms with van der Waals surface area (Å²) < 4.78 is 6.30. The van der Waals surface area contributed by atoms with E-state index in [0.717, 1.165) is 56.9 Å². The monoisotopic (exact) mass is 409 g/mol. The Bertz CT molecular complexity index is 872. The number of nitrogens with zero attached hydrogens (tertiary/aromatic N) is 1. The molecule has 30 heavy (non-hydrogen) atoms. The van der Waals surface area contributed by atoms with Crippen LogP contribution in [-0.4, -0.2) is 35.2 Å². The predicted molar refractivity (Wildman–Crippen MR) is 121 cm³/mol. The standard InChI is InChI=1S/C26H35NO3/c1-3-25(27-13-11-19(12-14-27)26(28)29)22-8-7-21-17-24(10-9-20(21)16-22)30-23-6-4-5-18(2)15-23/h7-10,16-19,23,25H,3-6,11-15H2,1-2H3,(H,28,29). The Kier molecular flexibility index (Phi) is 6.62. The second kappa shape index (κ2) is 9.38. The SMILES string of the molecule is CCC(c1ccc2cc(OC3CCCC(C)C3)ccc2c1)N1CCC(C(=O)O)CC1. The van der Waals surface area contributed by atoms with Crippen molar-refractivity contribution in [2.45, 2.75) is 70.9 Å². The van der Waals surface area contributed by atoms with Crippen LogP contribution in [0, 0.1) is 11.8 Å². The third-order valence-electron chi connectivity index (χ3n) is 7.12. The summed E-state index contributed by atoms with van der Waals surface area (Å²) in [5.41, 5.74) is 1.33. The number of carbonyl (C=O) groups is 1. The molecule has 2 aromatic carbocycles. The molecule has 1 aliphatic heterocycles. The fraction of sp³-hybridized carbons (Fsp3) is 0.577. The van der Waals surface area contributed by atoms with Crippen molar-refractivity contribution in [2.24, 2.45) is 11.8 Å². The highest BCUT2D eigenvalue weighted by Crippen LogP contribution is 2.33. The average Bonchev–Trinajstić information content (AvgIpc) is 2.75. The minimum atomic E-state index is -0.644. The van der Waals surface area contributed by atoms with Gasteiger partial charge in [-0.15, -0.1) is 0 Å². The number of carboxylic acids is 1. The van der Waals surface area contributed by atoms with Gasteiger partial charge in [-0.05, 0) is 92.1 Å². The Labute approximate surface area is 180 Å². The number of hydrogen-bond acceptors (Lipinski definition) is 3. The first-order valence-corrected chi connectivity index (χ1v) is 11.7. The summed E-state index contributed by atoms with van der Waals surface area (Å²) in [6.45, 7) is 6.27. The lowest BCUT2D eigenvalue weighted by Crippen LogP contribution is -2.38. The van der Waals surface area contributed by atoms with Gasteiger partial charge in [-0.3, -0.25) is 9.69 Å². The van der Waals surface area contributed by atoms with Gasteiger partial charge in [0.05, 0.1) is 12.0 Å². The highest BCUT2D eigenvalue weighted by atomic mass is 16.5. The van der Waals surface area contributed by atoms with E-state index in [-0.39, 0.29) is 5.92 Å². The Balaban J connectivity index is 1.46. The lowest BCUT2D eigenvalue weighted by Gasteiger charge is -2.36. The van der Waals surface area contributed by atoms with Gasteiger partial charge >= 0.3 is 5.97 Å². The van der Waals surface area contributed by atoms with Crippen molar-refractivity contribution in [1.29, 1.82) is 0 Å². The van der Waals surface area contributed by atoms with Crippen LogP contribution in [0.15, 0.2) is 36.4 Å². The molecule has 0 amide bonds. The van der Waals surface area contributed by atoms with E-state index in [0.29, 0.717) is 12.1 Å². The van der Waals surface area contributed by atoms with Crippen LogP contribution in [0.25, 0.3) is 10.8 Å². The molecule has 1 heterocycles. The van der Waals surface area contributed by atoms with E-state index in [1.54, 1.807) is 0 Å². The molecule has 1 aliphatic carbocycles. The molecule has 0 spiro atoms. The lowest BCUT2D eigenvalue weighted by atomic mass is 9.88. The van der Waals surface area contributed by atoms with E-state index in [9.17, 15) is 9.90 Å². The molecule has 3 unspecified atom stereocenters. The molecule has 2 aliphatic rings. The van der Waals surface area contributed by atoms with E-state index in [1.165, 1.54) is 29.2 Å². The molecule has 4 heteroatoms. The normalized spacial score (nSPS) is 24.6. The van der Waals surface area contributed by atoms with E-state index in [1.807, 2.05) is 0 Å². The largest absolute Gasteiger partial charge is 0.490 e. The van der Waals surface area contributed by atoms with Gasteiger partial charge in [0.25, 0.3) is 0 Å². The number of piperidine rings is 1. The van der Waals surface area contributed by atoms with E-state index >= 15 is 0 Å². The molecule has 162 valence electrons. The number of rotatable bonds is 6. The number of likely N-dealkylation sites (tertiary alicyclic amines) is 1. The quantitative estimate of drug-likeness (QED) is 0.631. The first-order chi connectivity index (χ1) is 14.5. The zero-order valence-corrected chi connectivity index (χ0v) is 18.3. The maximum absolute atomic E-state index is 11.3. The number of aliphatic carboxylic acids is 1. The molecule has 1 N–H and O–H groups in total. The fourth-order valence-electron chi connectivity index (χ4n) is 5.36. The minimum absolute atomic E-state index is 0.180. The first-order valence-electron chi connectivity index (χ1n) is 11.7. The molecular weight excluding hydrogens is 374 g/mol. The van der Waals surface area contributed by atoms with Crippen LogP contribution < -0.4 is 4.74 Å². The van der Waals surface area contributed by atoms with Crippen LogP contribution in [0.1, 0.15) is 70.4 Å². The fourth-order valence-corrected chi connectivity index (χ4v) is 5.36. The van der Waals surface area contributed by atoms with E-state index in [4.69, 9.17) is 4.74 Å². The highest BCUT2D eigenvalue weighted by Gasteiger charge is 2.28. The number of ether oxygens (including phenoxy) is 1. The van der Waals surface area contributed by atoms with Crippen molar-refractivity contribution < 1.29 is 14.6 Å². The number of carboxylic acid groups (broad SMARTS) is 1. The lowest BCUT2D eigenvalue weighted by molar-refractivity contribution is -0.143. The van der Waals surface area contributed by atoms with Gasteiger partial charge in [0.2, 0.25) is 0 Å². The van der Waals surface area contributed by atoms with Crippen LogP contribution >= 0.6 is 0 Å². The summed E-state index contributed by atoms with van der Waals surface area (Å²) in [5, 5.41) is 11.7. The van der Waals surface area contributed by atoms with Crippen LogP contribution in [0.4, 0.5) is 0 Å². The van der Waals surface area contributed by atoms with Crippen LogP contribution in [-0.2, 0) is 4.79 Å². The topological polar surface area (TPSA) is 49.8 Å². The van der Waals surface area contributed by atoms with Crippen LogP contribution in [0.5, 0.6) is 5.75 Å². The Morgan fingerprint density at radius 1 is 1.10 bits per heavy atom. The Morgan fingerprint density at radius 3 is 2.53 bits per heavy atom. The summed E-state index contributed by atoms with van der Waals surface area (Å²) in [6, 6.07) is 13.6. The van der Waals surface area contributed by atoms with Crippen molar-refractivity contribution in [3.63, 3.8) is 0 Å². The van der Waals surface area contributed by atoms with Crippen molar-refractivity contribution in [2.75, 3.05) is 13.1 Å². The van der Waals surface area contributed by atoms with Crippen molar-refractivity contribution in [3.8, 4) is 5.75 Å². The first kappa shape index (κ1) is 21.2. The Morgan fingerprint density at radius 2 is 1.83 bits per heavy atom. The number of hydrogen-bond donors (Lipinski definition) is 1. The van der Waals surface area contributed by atoms with Crippen LogP contribution in [0.3, 0.4) is 0 Å². The third kappa shape index (κ3) is 4.80. The molecule has 4 rings (SSSR count). The van der Waals surface area contributed by atoms with Gasteiger partial charge in [-0.1, -0.05) is 38.5 Å². The molecule has 2 aromatic rings. The zero-order chi connectivity index (χ0) is 21.1. The van der Waals surface area contributed by atoms with Gasteiger partial charge in [0.15, 0.2) is 0 Å². The summed E-state index contributed by atoms with van der Waals surface area (Å²) in [7, 11) is 0. The third-order valence-corrected chi connectivity index (χ3v) is 7.12. The molecule has 0 radical (unpaired) electrons. The molecule has 1 saturated carbocycles. The van der Waals surface area contributed by atoms with Gasteiger partial charge in [-0.25, -0.2) is 0 Å². The van der Waals surface area contributed by atoms with Crippen molar-refractivity contribution in [3.05, 3.63) is 42.0 Å². The summed E-state index contributed by atoms with van der Waals surface area (Å²) >= 11 is 0. The van der Waals surface area contributed by atoms with Gasteiger partial charge < -0.3 is 9.84 Å². The number of benzene rings is 2. The Hall–Kier alpha value is -2.07. The van der Waals surface area contributed by atoms with E-state index in [2.05, 4.69) is 55.1 Å². The minimum Gasteiger partial charge on any atom is -0.490 e. The smallest absolute Gasteiger partial charge is 0.306 e. The van der Waals surface area contributed by atoms with Crippen LogP contribution in [0.2, 0.25) is 0 Å². The average molecular weight is 410 g/mol. The molecule has 0 aromatic heterocycles. The van der Waals surface area contributed by atoms with Gasteiger partial charge in [0, 0.05) is 6.04 Å². The molecule has 3 atom stereocenters. The molecule has 1 saturated heterocycles. The summed E-state index contributed by atoms with van der Waals surface area (Å²) in [5.74, 6) is 0.922. The molecule has 0 bridgehead atoms. The number of fused-ring (bicyclic) bond motifs is 1. The second-order valence-electron chi connectivity index (χ2n) is 9.35. The molecule has 4 nitrogen and oxygen atoms in total. The highest BCUT2D eigenvalue weighted by molar-refractivity contribution is 5.84. The predicted octanol–water partition coefficient (Wildman–Crippen LogP) is 6.05. The van der Waals surface area contributed by atoms with Gasteiger partial charge in [0.1, 0.15) is 5.75 Å². The van der Waals surface area contributed by atoms with Crippen molar-refractivity contribution in [1.82, 2.24) is 4.90 Å². The zero-order valence-electron chi connectivity index (χ0n) is 18.3. The molecule has 2 fully saturated rings. The van der Waals surface area contributed by atoms with Gasteiger partial charge in [-0.2, -0.15) is 0 Å². The maximum Gasteiger partial charge on any atom is 0.306 e. The summed E-state index contributed by atoms with van der Waals surface area (Å²) in [4.78, 5) is 13.7. The van der Waals surface area contributed by atoms with E-state index < -0.39 is 5.97 Å². The van der Waals surface area contributed by atoms with Crippen molar-refractivity contribution >= 4 is 16.7 Å². The summed E-state index contributed by atoms with van der Waals surface area (Å²) in [6.07, 6.45) is 7.80. The second-order valence-corrected chi connectivity index (χ2v) is 9.35. The molecular formula is C26H35NO3.